The highest BCUT2D eigenvalue weighted by Crippen LogP contribution is 2.22. The number of carbonyl (C=O) groups excluding carboxylic acids is 1. The van der Waals surface area contributed by atoms with Crippen LogP contribution in [0.3, 0.4) is 0 Å². The summed E-state index contributed by atoms with van der Waals surface area (Å²) in [6.07, 6.45) is 6.49. The molecule has 5 nitrogen and oxygen atoms in total. The summed E-state index contributed by atoms with van der Waals surface area (Å²) in [6, 6.07) is 0. The molecule has 126 valence electrons. The Bertz CT molecular complexity index is 407. The molecule has 0 aromatic carbocycles. The minimum atomic E-state index is -5.77. The molecular weight excluding hydrogens is 306 g/mol. The molecule has 0 aliphatic heterocycles. The maximum absolute atomic E-state index is 12.8. The average Bonchev–Trinajstić information content (AvgIpc) is 2.34. The number of ether oxygens (including phenoxy) is 1. The Morgan fingerprint density at radius 1 is 1.10 bits per heavy atom. The summed E-state index contributed by atoms with van der Waals surface area (Å²) in [4.78, 5) is 10.8. The zero-order valence-corrected chi connectivity index (χ0v) is 13.3. The van der Waals surface area contributed by atoms with Gasteiger partial charge in [-0.3, -0.25) is 4.55 Å². The standard InChI is InChI=1S/C13H24F2O5S/c1-11(2)9-7-5-3-4-6-8-10-20-12(16)13(14,15)21(17,18)19/h11H,3-10H2,1-2H3,(H,17,18,19). The second-order valence-corrected chi connectivity index (χ2v) is 6.89. The van der Waals surface area contributed by atoms with Gasteiger partial charge in [-0.25, -0.2) is 4.79 Å². The van der Waals surface area contributed by atoms with Crippen molar-refractivity contribution in [1.82, 2.24) is 0 Å². The number of halogens is 2. The lowest BCUT2D eigenvalue weighted by Crippen LogP contribution is -2.39. The van der Waals surface area contributed by atoms with Crippen molar-refractivity contribution in [2.24, 2.45) is 5.92 Å². The van der Waals surface area contributed by atoms with E-state index in [0.717, 1.165) is 25.7 Å². The fourth-order valence-corrected chi connectivity index (χ4v) is 1.99. The Morgan fingerprint density at radius 3 is 2.05 bits per heavy atom. The summed E-state index contributed by atoms with van der Waals surface area (Å²) in [6.45, 7) is 4.04. The molecule has 0 spiro atoms. The number of unbranched alkanes of at least 4 members (excludes halogenated alkanes) is 5. The van der Waals surface area contributed by atoms with Gasteiger partial charge in [-0.05, 0) is 12.3 Å². The molecule has 0 aromatic rings. The van der Waals surface area contributed by atoms with Crippen molar-refractivity contribution in [1.29, 1.82) is 0 Å². The predicted molar refractivity (Wildman–Crippen MR) is 74.6 cm³/mol. The molecule has 0 saturated heterocycles. The van der Waals surface area contributed by atoms with Crippen molar-refractivity contribution in [2.45, 2.75) is 64.0 Å². The van der Waals surface area contributed by atoms with Crippen LogP contribution in [0.25, 0.3) is 0 Å². The molecule has 1 N–H and O–H groups in total. The van der Waals surface area contributed by atoms with Crippen molar-refractivity contribution in [3.05, 3.63) is 0 Å². The summed E-state index contributed by atoms with van der Waals surface area (Å²) in [5, 5.41) is -4.90. The fourth-order valence-electron chi connectivity index (χ4n) is 1.72. The molecule has 0 aliphatic rings. The lowest BCUT2D eigenvalue weighted by molar-refractivity contribution is -0.161. The van der Waals surface area contributed by atoms with E-state index in [4.69, 9.17) is 4.55 Å². The maximum atomic E-state index is 12.8. The first-order valence-electron chi connectivity index (χ1n) is 7.11. The molecule has 21 heavy (non-hydrogen) atoms. The quantitative estimate of drug-likeness (QED) is 0.357. The summed E-state index contributed by atoms with van der Waals surface area (Å²) in [5.74, 6) is -1.55. The van der Waals surface area contributed by atoms with E-state index in [1.54, 1.807) is 0 Å². The van der Waals surface area contributed by atoms with Crippen LogP contribution in [0.4, 0.5) is 8.78 Å². The second kappa shape index (κ2) is 9.30. The van der Waals surface area contributed by atoms with E-state index < -0.39 is 21.3 Å². The smallest absolute Gasteiger partial charge is 0.460 e. The van der Waals surface area contributed by atoms with E-state index >= 15 is 0 Å². The van der Waals surface area contributed by atoms with Gasteiger partial charge in [0.05, 0.1) is 6.61 Å². The van der Waals surface area contributed by atoms with Crippen LogP contribution in [0.15, 0.2) is 0 Å². The van der Waals surface area contributed by atoms with Crippen molar-refractivity contribution < 1.29 is 31.3 Å². The van der Waals surface area contributed by atoms with E-state index in [1.165, 1.54) is 6.42 Å². The molecular formula is C13H24F2O5S. The third-order valence-electron chi connectivity index (χ3n) is 2.97. The Labute approximate surface area is 124 Å². The minimum absolute atomic E-state index is 0.282. The molecule has 8 heteroatoms. The molecule has 0 amide bonds. The van der Waals surface area contributed by atoms with E-state index in [-0.39, 0.29) is 6.61 Å². The maximum Gasteiger partial charge on any atom is 0.465 e. The second-order valence-electron chi connectivity index (χ2n) is 5.43. The van der Waals surface area contributed by atoms with Gasteiger partial charge in [-0.15, -0.1) is 0 Å². The number of carbonyl (C=O) groups is 1. The van der Waals surface area contributed by atoms with Crippen LogP contribution in [0, 0.1) is 5.92 Å². The largest absolute Gasteiger partial charge is 0.465 e. The van der Waals surface area contributed by atoms with Crippen molar-refractivity contribution in [2.75, 3.05) is 6.61 Å². The molecule has 0 aromatic heterocycles. The lowest BCUT2D eigenvalue weighted by atomic mass is 10.0. The first-order valence-corrected chi connectivity index (χ1v) is 8.55. The topological polar surface area (TPSA) is 80.7 Å². The third-order valence-corrected chi connectivity index (χ3v) is 3.79. The van der Waals surface area contributed by atoms with Crippen molar-refractivity contribution in [3.8, 4) is 0 Å². The highest BCUT2D eigenvalue weighted by atomic mass is 32.2. The number of hydrogen-bond donors (Lipinski definition) is 1. The SMILES string of the molecule is CC(C)CCCCCCCCOC(=O)C(F)(F)S(=O)(=O)O. The van der Waals surface area contributed by atoms with Gasteiger partial charge < -0.3 is 4.74 Å². The van der Waals surface area contributed by atoms with Crippen molar-refractivity contribution >= 4 is 16.1 Å². The Hall–Kier alpha value is -0.760. The van der Waals surface area contributed by atoms with E-state index in [0.29, 0.717) is 18.8 Å². The van der Waals surface area contributed by atoms with Crippen LogP contribution >= 0.6 is 0 Å². The van der Waals surface area contributed by atoms with Gasteiger partial charge in [0.2, 0.25) is 0 Å². The molecule has 0 heterocycles. The molecule has 0 aliphatic carbocycles. The summed E-state index contributed by atoms with van der Waals surface area (Å²) in [5.41, 5.74) is 0. The van der Waals surface area contributed by atoms with Gasteiger partial charge in [0.25, 0.3) is 0 Å². The molecule has 0 fully saturated rings. The molecule has 0 saturated carbocycles. The lowest BCUT2D eigenvalue weighted by Gasteiger charge is -2.11. The third kappa shape index (κ3) is 8.31. The van der Waals surface area contributed by atoms with Crippen LogP contribution < -0.4 is 0 Å². The monoisotopic (exact) mass is 330 g/mol. The molecule has 0 atom stereocenters. The van der Waals surface area contributed by atoms with E-state index in [1.807, 2.05) is 0 Å². The Morgan fingerprint density at radius 2 is 1.57 bits per heavy atom. The van der Waals surface area contributed by atoms with Crippen LogP contribution in [-0.4, -0.2) is 30.8 Å². The van der Waals surface area contributed by atoms with Crippen LogP contribution in [-0.2, 0) is 19.6 Å². The average molecular weight is 330 g/mol. The first-order chi connectivity index (χ1) is 9.59. The molecule has 0 unspecified atom stereocenters. The minimum Gasteiger partial charge on any atom is -0.460 e. The van der Waals surface area contributed by atoms with Crippen LogP contribution in [0.1, 0.15) is 58.8 Å². The van der Waals surface area contributed by atoms with Crippen LogP contribution in [0.5, 0.6) is 0 Å². The Kier molecular flexibility index (Phi) is 8.96. The summed E-state index contributed by atoms with van der Waals surface area (Å²) in [7, 11) is -5.77. The number of hydrogen-bond acceptors (Lipinski definition) is 4. The zero-order valence-electron chi connectivity index (χ0n) is 12.5. The summed E-state index contributed by atoms with van der Waals surface area (Å²) < 4.78 is 58.5. The fraction of sp³-hybridized carbons (Fsp3) is 0.923. The highest BCUT2D eigenvalue weighted by molar-refractivity contribution is 7.87. The highest BCUT2D eigenvalue weighted by Gasteiger charge is 2.54. The van der Waals surface area contributed by atoms with Gasteiger partial charge in [0.1, 0.15) is 0 Å². The number of esters is 1. The van der Waals surface area contributed by atoms with Gasteiger partial charge >= 0.3 is 21.3 Å². The molecule has 0 radical (unpaired) electrons. The van der Waals surface area contributed by atoms with Crippen molar-refractivity contribution in [3.63, 3.8) is 0 Å². The zero-order chi connectivity index (χ0) is 16.5. The first kappa shape index (κ1) is 20.2. The number of rotatable bonds is 11. The molecule has 0 rings (SSSR count). The summed E-state index contributed by atoms with van der Waals surface area (Å²) >= 11 is 0. The van der Waals surface area contributed by atoms with E-state index in [9.17, 15) is 22.0 Å². The van der Waals surface area contributed by atoms with Gasteiger partial charge in [0.15, 0.2) is 0 Å². The number of alkyl halides is 2. The van der Waals surface area contributed by atoms with Crippen LogP contribution in [0.2, 0.25) is 0 Å². The van der Waals surface area contributed by atoms with E-state index in [2.05, 4.69) is 18.6 Å². The molecule has 0 bridgehead atoms. The predicted octanol–water partition coefficient (Wildman–Crippen LogP) is 3.40. The van der Waals surface area contributed by atoms with Gasteiger partial charge in [-0.1, -0.05) is 52.4 Å². The van der Waals surface area contributed by atoms with Gasteiger partial charge in [-0.2, -0.15) is 17.2 Å². The normalized spacial score (nSPS) is 12.7. The Balaban J connectivity index is 3.67. The van der Waals surface area contributed by atoms with Gasteiger partial charge in [0, 0.05) is 0 Å².